The third-order valence-corrected chi connectivity index (χ3v) is 0.102. The van der Waals surface area contributed by atoms with Gasteiger partial charge in [-0.2, -0.15) is 6.41 Å². The van der Waals surface area contributed by atoms with Crippen LogP contribution in [0, 0.1) is 0 Å². The fraction of sp³-hybridized carbons (Fsp3) is 0.500. The van der Waals surface area contributed by atoms with Gasteiger partial charge in [0, 0.05) is 0 Å². The van der Waals surface area contributed by atoms with Crippen molar-refractivity contribution in [3.05, 3.63) is 0 Å². The van der Waals surface area contributed by atoms with E-state index in [0.717, 1.165) is 0 Å². The Hall–Kier alpha value is 0.210. The normalized spacial score (nSPS) is 4.20. The summed E-state index contributed by atoms with van der Waals surface area (Å²) in [6.45, 7) is 0. The summed E-state index contributed by atoms with van der Waals surface area (Å²) in [5.74, 6) is 0. The predicted octanol–water partition coefficient (Wildman–Crippen LogP) is -0.730. The zero-order valence-electron chi connectivity index (χ0n) is 2.71. The molecule has 2 nitrogen and oxygen atoms in total. The van der Waals surface area contributed by atoms with Gasteiger partial charge in [-0.15, -0.1) is 0 Å². The fourth-order valence-electron chi connectivity index (χ4n) is 0. The van der Waals surface area contributed by atoms with E-state index in [9.17, 15) is 0 Å². The van der Waals surface area contributed by atoms with E-state index in [1.165, 1.54) is 13.5 Å². The Bertz CT molecular complexity index is 23.6. The van der Waals surface area contributed by atoms with Crippen LogP contribution in [0.5, 0.6) is 0 Å². The molecule has 0 rings (SSSR count). The van der Waals surface area contributed by atoms with Gasteiger partial charge >= 0.3 is 22.4 Å². The predicted molar refractivity (Wildman–Crippen MR) is 14.8 cm³/mol. The average molecular weight is 166 g/mol. The number of amides is 1. The standard InChI is InChI=1S/C2H4NO.Ag/c1-3-2-4;/h1H3,(H,3,4);/q-1;+1. The Morgan fingerprint density at radius 3 is 2.00 bits per heavy atom. The van der Waals surface area contributed by atoms with Crippen LogP contribution < -0.4 is 5.32 Å². The van der Waals surface area contributed by atoms with Crippen molar-refractivity contribution in [1.29, 1.82) is 0 Å². The minimum absolute atomic E-state index is 0. The van der Waals surface area contributed by atoms with Gasteiger partial charge in [-0.25, -0.2) is 0 Å². The van der Waals surface area contributed by atoms with Crippen LogP contribution in [0.15, 0.2) is 0 Å². The Morgan fingerprint density at radius 2 is 2.00 bits per heavy atom. The molecule has 0 radical (unpaired) electrons. The molecule has 0 aromatic carbocycles. The fourth-order valence-corrected chi connectivity index (χ4v) is 0. The minimum Gasteiger partial charge on any atom is -0.532 e. The first-order valence-electron chi connectivity index (χ1n) is 0.954. The maximum atomic E-state index is 8.94. The van der Waals surface area contributed by atoms with Crippen molar-refractivity contribution in [1.82, 2.24) is 5.32 Å². The molecule has 0 aliphatic rings. The van der Waals surface area contributed by atoms with Crippen LogP contribution in [0.25, 0.3) is 0 Å². The average Bonchev–Trinajstić information content (AvgIpc) is 1.37. The van der Waals surface area contributed by atoms with Crippen LogP contribution in [0.2, 0.25) is 0 Å². The van der Waals surface area contributed by atoms with Crippen molar-refractivity contribution < 1.29 is 27.2 Å². The molecule has 0 aliphatic heterocycles. The van der Waals surface area contributed by atoms with Crippen LogP contribution >= 0.6 is 0 Å². The number of rotatable bonds is 1. The summed E-state index contributed by atoms with van der Waals surface area (Å²) >= 11 is 0. The molecule has 0 aliphatic carbocycles. The van der Waals surface area contributed by atoms with Gasteiger partial charge in [-0.3, -0.25) is 0 Å². The van der Waals surface area contributed by atoms with E-state index >= 15 is 0 Å². The molecular weight excluding hydrogens is 162 g/mol. The largest absolute Gasteiger partial charge is 1.00 e. The molecular formula is C2H4AgNO. The maximum Gasteiger partial charge on any atom is 1.00 e. The van der Waals surface area contributed by atoms with Gasteiger partial charge in [0.15, 0.2) is 0 Å². The van der Waals surface area contributed by atoms with E-state index in [1.807, 2.05) is 0 Å². The zero-order valence-corrected chi connectivity index (χ0v) is 4.19. The van der Waals surface area contributed by atoms with Gasteiger partial charge in [-0.05, 0) is 7.05 Å². The first-order valence-corrected chi connectivity index (χ1v) is 0.954. The summed E-state index contributed by atoms with van der Waals surface area (Å²) in [5.41, 5.74) is 0. The topological polar surface area (TPSA) is 29.1 Å². The van der Waals surface area contributed by atoms with Crippen molar-refractivity contribution >= 4 is 6.41 Å². The van der Waals surface area contributed by atoms with Crippen molar-refractivity contribution in [2.45, 2.75) is 0 Å². The number of carbonyl (C=O) groups excluding carboxylic acids is 1. The Labute approximate surface area is 46.4 Å². The van der Waals surface area contributed by atoms with Crippen molar-refractivity contribution in [2.24, 2.45) is 0 Å². The molecule has 34 valence electrons. The van der Waals surface area contributed by atoms with E-state index in [4.69, 9.17) is 4.79 Å². The number of hydrogen-bond acceptors (Lipinski definition) is 1. The Balaban J connectivity index is 0. The van der Waals surface area contributed by atoms with Crippen molar-refractivity contribution in [2.75, 3.05) is 7.05 Å². The SMILES string of the molecule is CN[C-]=O.[Ag+]. The molecule has 0 atom stereocenters. The third-order valence-electron chi connectivity index (χ3n) is 0.102. The van der Waals surface area contributed by atoms with Gasteiger partial charge in [-0.1, -0.05) is 0 Å². The quantitative estimate of drug-likeness (QED) is 0.310. The van der Waals surface area contributed by atoms with E-state index < -0.39 is 0 Å². The second kappa shape index (κ2) is 8.88. The van der Waals surface area contributed by atoms with Crippen molar-refractivity contribution in [3.8, 4) is 0 Å². The first-order chi connectivity index (χ1) is 1.91. The molecule has 0 saturated heterocycles. The molecule has 0 spiro atoms. The summed E-state index contributed by atoms with van der Waals surface area (Å²) in [5, 5.41) is 2.12. The molecule has 1 N–H and O–H groups in total. The Kier molecular flexibility index (Phi) is 15.9. The molecule has 5 heavy (non-hydrogen) atoms. The molecule has 0 fully saturated rings. The molecule has 1 amide bonds. The zero-order chi connectivity index (χ0) is 3.41. The van der Waals surface area contributed by atoms with Crippen LogP contribution in [0.1, 0.15) is 0 Å². The molecule has 0 aromatic heterocycles. The molecule has 0 unspecified atom stereocenters. The number of nitrogens with one attached hydrogen (secondary N) is 1. The van der Waals surface area contributed by atoms with Crippen molar-refractivity contribution in [3.63, 3.8) is 0 Å². The van der Waals surface area contributed by atoms with Crippen LogP contribution in [-0.4, -0.2) is 13.5 Å². The second-order valence-corrected chi connectivity index (χ2v) is 0.352. The molecule has 3 heteroatoms. The summed E-state index contributed by atoms with van der Waals surface area (Å²) < 4.78 is 0. The maximum absolute atomic E-state index is 8.94. The summed E-state index contributed by atoms with van der Waals surface area (Å²) in [6.07, 6.45) is 1.43. The molecule has 0 bridgehead atoms. The van der Waals surface area contributed by atoms with Gasteiger partial charge in [0.1, 0.15) is 0 Å². The van der Waals surface area contributed by atoms with E-state index in [0.29, 0.717) is 0 Å². The third kappa shape index (κ3) is 14.0. The van der Waals surface area contributed by atoms with Gasteiger partial charge < -0.3 is 10.1 Å². The minimum atomic E-state index is 0. The molecule has 0 aromatic rings. The molecule has 0 heterocycles. The monoisotopic (exact) mass is 165 g/mol. The van der Waals surface area contributed by atoms with Crippen LogP contribution in [0.3, 0.4) is 0 Å². The Morgan fingerprint density at radius 1 is 1.80 bits per heavy atom. The van der Waals surface area contributed by atoms with Gasteiger partial charge in [0.05, 0.1) is 0 Å². The van der Waals surface area contributed by atoms with Gasteiger partial charge in [0.25, 0.3) is 0 Å². The summed E-state index contributed by atoms with van der Waals surface area (Å²) in [7, 11) is 1.51. The summed E-state index contributed by atoms with van der Waals surface area (Å²) in [4.78, 5) is 8.94. The smallest absolute Gasteiger partial charge is 0.532 e. The second-order valence-electron chi connectivity index (χ2n) is 0.352. The van der Waals surface area contributed by atoms with Crippen LogP contribution in [0.4, 0.5) is 0 Å². The summed E-state index contributed by atoms with van der Waals surface area (Å²) in [6, 6.07) is 0. The van der Waals surface area contributed by atoms with E-state index in [-0.39, 0.29) is 22.4 Å². The first kappa shape index (κ1) is 8.96. The van der Waals surface area contributed by atoms with E-state index in [2.05, 4.69) is 5.32 Å². The van der Waals surface area contributed by atoms with E-state index in [1.54, 1.807) is 0 Å². The number of hydrogen-bond donors (Lipinski definition) is 1. The van der Waals surface area contributed by atoms with Crippen LogP contribution in [-0.2, 0) is 27.2 Å². The van der Waals surface area contributed by atoms with Gasteiger partial charge in [0.2, 0.25) is 0 Å². The molecule has 0 saturated carbocycles.